The van der Waals surface area contributed by atoms with E-state index < -0.39 is 17.1 Å². The molecule has 1 N–H and O–H groups in total. The predicted molar refractivity (Wildman–Crippen MR) is 76.7 cm³/mol. The van der Waals surface area contributed by atoms with Gasteiger partial charge in [-0.2, -0.15) is 0 Å². The molecular weight excluding hydrogens is 286 g/mol. The van der Waals surface area contributed by atoms with Gasteiger partial charge in [0, 0.05) is 12.8 Å². The summed E-state index contributed by atoms with van der Waals surface area (Å²) in [6, 6.07) is 3.57. The van der Waals surface area contributed by atoms with Crippen molar-refractivity contribution in [3.8, 4) is 0 Å². The normalized spacial score (nSPS) is 30.3. The molecule has 1 spiro atoms. The van der Waals surface area contributed by atoms with E-state index in [0.29, 0.717) is 31.8 Å². The molecule has 22 heavy (non-hydrogen) atoms. The number of amides is 1. The standard InChI is InChI=1S/C16H21NO5/c1-15(2)10-16(5-7-21-15)12(8-13(18)22-16)14(19)17-9-11-4-3-6-20-11/h3-4,6,12H,5,7-10H2,1-2H3,(H,17,19)/t12-,16+/m1/s1. The van der Waals surface area contributed by atoms with Crippen molar-refractivity contribution in [2.75, 3.05) is 6.61 Å². The van der Waals surface area contributed by atoms with E-state index in [4.69, 9.17) is 13.9 Å². The first-order valence-electron chi connectivity index (χ1n) is 7.56. The van der Waals surface area contributed by atoms with Crippen LogP contribution >= 0.6 is 0 Å². The van der Waals surface area contributed by atoms with Gasteiger partial charge in [-0.15, -0.1) is 0 Å². The average molecular weight is 307 g/mol. The van der Waals surface area contributed by atoms with Gasteiger partial charge in [0.1, 0.15) is 11.4 Å². The Morgan fingerprint density at radius 3 is 2.95 bits per heavy atom. The second kappa shape index (κ2) is 5.43. The van der Waals surface area contributed by atoms with Gasteiger partial charge in [0.05, 0.1) is 37.4 Å². The molecule has 2 fully saturated rings. The monoisotopic (exact) mass is 307 g/mol. The first-order chi connectivity index (χ1) is 10.4. The summed E-state index contributed by atoms with van der Waals surface area (Å²) in [4.78, 5) is 24.4. The molecule has 0 radical (unpaired) electrons. The minimum absolute atomic E-state index is 0.125. The molecule has 2 aliphatic rings. The molecule has 1 aromatic rings. The van der Waals surface area contributed by atoms with Gasteiger partial charge in [0.25, 0.3) is 0 Å². The summed E-state index contributed by atoms with van der Waals surface area (Å²) in [5, 5.41) is 2.84. The van der Waals surface area contributed by atoms with Crippen molar-refractivity contribution in [1.82, 2.24) is 5.32 Å². The van der Waals surface area contributed by atoms with Crippen molar-refractivity contribution >= 4 is 11.9 Å². The molecule has 6 nitrogen and oxygen atoms in total. The van der Waals surface area contributed by atoms with E-state index in [1.807, 2.05) is 13.8 Å². The zero-order valence-corrected chi connectivity index (χ0v) is 12.9. The van der Waals surface area contributed by atoms with Gasteiger partial charge in [0.15, 0.2) is 0 Å². The molecule has 2 atom stereocenters. The van der Waals surface area contributed by atoms with E-state index in [-0.39, 0.29) is 18.3 Å². The van der Waals surface area contributed by atoms with Crippen LogP contribution in [-0.4, -0.2) is 29.7 Å². The van der Waals surface area contributed by atoms with Crippen molar-refractivity contribution in [2.24, 2.45) is 5.92 Å². The molecule has 3 rings (SSSR count). The Balaban J connectivity index is 1.72. The van der Waals surface area contributed by atoms with Crippen LogP contribution in [0.5, 0.6) is 0 Å². The summed E-state index contributed by atoms with van der Waals surface area (Å²) < 4.78 is 16.5. The highest BCUT2D eigenvalue weighted by molar-refractivity contribution is 5.87. The molecule has 1 amide bonds. The van der Waals surface area contributed by atoms with Crippen molar-refractivity contribution in [3.05, 3.63) is 24.2 Å². The molecule has 0 aliphatic carbocycles. The number of esters is 1. The van der Waals surface area contributed by atoms with E-state index >= 15 is 0 Å². The number of carbonyl (C=O) groups excluding carboxylic acids is 2. The second-order valence-electron chi connectivity index (χ2n) is 6.63. The van der Waals surface area contributed by atoms with Crippen LogP contribution in [0, 0.1) is 5.92 Å². The highest BCUT2D eigenvalue weighted by Gasteiger charge is 2.56. The maximum absolute atomic E-state index is 12.5. The van der Waals surface area contributed by atoms with Crippen LogP contribution in [-0.2, 0) is 25.6 Å². The largest absolute Gasteiger partial charge is 0.467 e. The lowest BCUT2D eigenvalue weighted by atomic mass is 9.75. The first-order valence-corrected chi connectivity index (χ1v) is 7.56. The summed E-state index contributed by atoms with van der Waals surface area (Å²) in [5.41, 5.74) is -1.14. The van der Waals surface area contributed by atoms with Gasteiger partial charge in [-0.1, -0.05) is 0 Å². The third kappa shape index (κ3) is 2.88. The molecule has 0 unspecified atom stereocenters. The lowest BCUT2D eigenvalue weighted by Gasteiger charge is -2.43. The highest BCUT2D eigenvalue weighted by Crippen LogP contribution is 2.45. The van der Waals surface area contributed by atoms with Crippen LogP contribution in [0.1, 0.15) is 38.9 Å². The quantitative estimate of drug-likeness (QED) is 0.861. The Labute approximate surface area is 129 Å². The van der Waals surface area contributed by atoms with Crippen LogP contribution < -0.4 is 5.32 Å². The van der Waals surface area contributed by atoms with Crippen molar-refractivity contribution in [2.45, 2.75) is 50.9 Å². The predicted octanol–water partition coefficient (Wildman–Crippen LogP) is 1.79. The van der Waals surface area contributed by atoms with E-state index in [9.17, 15) is 9.59 Å². The third-order valence-corrected chi connectivity index (χ3v) is 4.40. The van der Waals surface area contributed by atoms with E-state index in [2.05, 4.69) is 5.32 Å². The van der Waals surface area contributed by atoms with Crippen LogP contribution in [0.4, 0.5) is 0 Å². The zero-order valence-electron chi connectivity index (χ0n) is 12.9. The van der Waals surface area contributed by atoms with E-state index in [1.165, 1.54) is 0 Å². The molecule has 6 heteroatoms. The molecule has 2 saturated heterocycles. The van der Waals surface area contributed by atoms with Crippen LogP contribution in [0.2, 0.25) is 0 Å². The number of hydrogen-bond acceptors (Lipinski definition) is 5. The molecule has 0 saturated carbocycles. The lowest BCUT2D eigenvalue weighted by Crippen LogP contribution is -2.52. The Morgan fingerprint density at radius 2 is 2.27 bits per heavy atom. The highest BCUT2D eigenvalue weighted by atomic mass is 16.6. The van der Waals surface area contributed by atoms with Crippen molar-refractivity contribution in [3.63, 3.8) is 0 Å². The number of ether oxygens (including phenoxy) is 2. The number of nitrogens with one attached hydrogen (secondary N) is 1. The first kappa shape index (κ1) is 15.1. The second-order valence-corrected chi connectivity index (χ2v) is 6.63. The fourth-order valence-corrected chi connectivity index (χ4v) is 3.48. The summed E-state index contributed by atoms with van der Waals surface area (Å²) in [5.74, 6) is -0.270. The Hall–Kier alpha value is -1.82. The van der Waals surface area contributed by atoms with Crippen LogP contribution in [0.15, 0.2) is 22.8 Å². The third-order valence-electron chi connectivity index (χ3n) is 4.40. The van der Waals surface area contributed by atoms with Gasteiger partial charge in [-0.3, -0.25) is 9.59 Å². The van der Waals surface area contributed by atoms with Gasteiger partial charge in [0.2, 0.25) is 5.91 Å². The summed E-state index contributed by atoms with van der Waals surface area (Å²) >= 11 is 0. The van der Waals surface area contributed by atoms with Crippen LogP contribution in [0.3, 0.4) is 0 Å². The van der Waals surface area contributed by atoms with E-state index in [0.717, 1.165) is 0 Å². The van der Waals surface area contributed by atoms with Gasteiger partial charge in [-0.25, -0.2) is 0 Å². The Morgan fingerprint density at radius 1 is 1.45 bits per heavy atom. The molecule has 1 aromatic heterocycles. The fourth-order valence-electron chi connectivity index (χ4n) is 3.48. The SMILES string of the molecule is CC1(C)C[C@]2(CCO1)OC(=O)C[C@@H]2C(=O)NCc1ccco1. The molecule has 0 aromatic carbocycles. The Kier molecular flexibility index (Phi) is 3.72. The summed E-state index contributed by atoms with van der Waals surface area (Å²) in [6.07, 6.45) is 2.78. The molecule has 0 bridgehead atoms. The van der Waals surface area contributed by atoms with Crippen molar-refractivity contribution < 1.29 is 23.5 Å². The number of furan rings is 1. The minimum Gasteiger partial charge on any atom is -0.467 e. The smallest absolute Gasteiger partial charge is 0.307 e. The summed E-state index contributed by atoms with van der Waals surface area (Å²) in [7, 11) is 0. The molecule has 120 valence electrons. The average Bonchev–Trinajstić information content (AvgIpc) is 3.03. The topological polar surface area (TPSA) is 77.8 Å². The summed E-state index contributed by atoms with van der Waals surface area (Å²) in [6.45, 7) is 4.71. The molecule has 2 aliphatic heterocycles. The maximum atomic E-state index is 12.5. The zero-order chi connectivity index (χ0) is 15.8. The van der Waals surface area contributed by atoms with Gasteiger partial charge >= 0.3 is 5.97 Å². The molecule has 3 heterocycles. The minimum atomic E-state index is -0.744. The number of rotatable bonds is 3. The van der Waals surface area contributed by atoms with E-state index in [1.54, 1.807) is 18.4 Å². The lowest BCUT2D eigenvalue weighted by molar-refractivity contribution is -0.179. The van der Waals surface area contributed by atoms with Gasteiger partial charge < -0.3 is 19.2 Å². The number of hydrogen-bond donors (Lipinski definition) is 1. The maximum Gasteiger partial charge on any atom is 0.307 e. The van der Waals surface area contributed by atoms with Gasteiger partial charge in [-0.05, 0) is 26.0 Å². The Bertz CT molecular complexity index is 565. The fraction of sp³-hybridized carbons (Fsp3) is 0.625. The molecular formula is C16H21NO5. The van der Waals surface area contributed by atoms with Crippen molar-refractivity contribution in [1.29, 1.82) is 0 Å². The van der Waals surface area contributed by atoms with Crippen LogP contribution in [0.25, 0.3) is 0 Å². The number of carbonyl (C=O) groups is 2.